The Morgan fingerprint density at radius 2 is 2.05 bits per heavy atom. The minimum absolute atomic E-state index is 0.125. The van der Waals surface area contributed by atoms with Crippen LogP contribution >= 0.6 is 11.3 Å². The van der Waals surface area contributed by atoms with Gasteiger partial charge in [-0.1, -0.05) is 18.2 Å². The quantitative estimate of drug-likeness (QED) is 0.840. The summed E-state index contributed by atoms with van der Waals surface area (Å²) in [6.45, 7) is 1.40. The first-order valence-corrected chi connectivity index (χ1v) is 9.02. The fourth-order valence-corrected chi connectivity index (χ4v) is 4.24. The molecule has 0 spiro atoms. The van der Waals surface area contributed by atoms with Crippen molar-refractivity contribution in [2.45, 2.75) is 18.2 Å². The van der Waals surface area contributed by atoms with Crippen molar-refractivity contribution in [1.82, 2.24) is 4.31 Å². The van der Waals surface area contributed by atoms with Crippen LogP contribution in [0.5, 0.6) is 0 Å². The molecule has 0 saturated carbocycles. The Labute approximate surface area is 133 Å². The number of nitrogens with zero attached hydrogens (tertiary/aromatic N) is 1. The Morgan fingerprint density at radius 1 is 1.27 bits per heavy atom. The van der Waals surface area contributed by atoms with Gasteiger partial charge in [-0.2, -0.15) is 4.31 Å². The predicted molar refractivity (Wildman–Crippen MR) is 85.6 cm³/mol. The molecule has 0 aliphatic rings. The Morgan fingerprint density at radius 3 is 2.64 bits per heavy atom. The van der Waals surface area contributed by atoms with Crippen LogP contribution in [-0.2, 0) is 21.2 Å². The predicted octanol–water partition coefficient (Wildman–Crippen LogP) is 2.37. The highest BCUT2D eigenvalue weighted by Gasteiger charge is 2.26. The summed E-state index contributed by atoms with van der Waals surface area (Å²) in [4.78, 5) is 12.2. The Kier molecular flexibility index (Phi) is 5.33. The molecule has 0 saturated heterocycles. The molecular weight excluding hydrogens is 322 g/mol. The maximum absolute atomic E-state index is 12.6. The zero-order valence-corrected chi connectivity index (χ0v) is 13.7. The van der Waals surface area contributed by atoms with Crippen LogP contribution in [0, 0.1) is 6.92 Å². The second-order valence-corrected chi connectivity index (χ2v) is 7.85. The number of carboxylic acid groups (broad SMARTS) is 1. The van der Waals surface area contributed by atoms with Crippen molar-refractivity contribution < 1.29 is 18.3 Å². The lowest BCUT2D eigenvalue weighted by atomic mass is 10.2. The van der Waals surface area contributed by atoms with E-state index in [2.05, 4.69) is 0 Å². The highest BCUT2D eigenvalue weighted by atomic mass is 32.2. The standard InChI is InChI=1S/C15H17NO4S2/c1-12-4-2-6-14(10-12)22(19,20)16(11-15(17)18)8-7-13-5-3-9-21-13/h2-6,9-10H,7-8,11H2,1H3,(H,17,18). The molecule has 1 N–H and O–H groups in total. The van der Waals surface area contributed by atoms with Crippen LogP contribution in [-0.4, -0.2) is 36.9 Å². The number of thiophene rings is 1. The normalized spacial score (nSPS) is 11.7. The number of rotatable bonds is 7. The Hall–Kier alpha value is -1.70. The summed E-state index contributed by atoms with van der Waals surface area (Å²) in [5, 5.41) is 10.9. The van der Waals surface area contributed by atoms with Gasteiger partial charge in [0.2, 0.25) is 10.0 Å². The van der Waals surface area contributed by atoms with Gasteiger partial charge in [-0.15, -0.1) is 11.3 Å². The third kappa shape index (κ3) is 4.16. The lowest BCUT2D eigenvalue weighted by Gasteiger charge is -2.20. The summed E-state index contributed by atoms with van der Waals surface area (Å²) >= 11 is 1.52. The van der Waals surface area contributed by atoms with Crippen molar-refractivity contribution in [3.63, 3.8) is 0 Å². The second-order valence-electron chi connectivity index (χ2n) is 4.88. The van der Waals surface area contributed by atoms with Crippen molar-refractivity contribution in [3.8, 4) is 0 Å². The second kappa shape index (κ2) is 7.04. The molecule has 118 valence electrons. The maximum Gasteiger partial charge on any atom is 0.318 e. The van der Waals surface area contributed by atoms with Crippen LogP contribution in [0.2, 0.25) is 0 Å². The van der Waals surface area contributed by atoms with Gasteiger partial charge in [0.05, 0.1) is 4.90 Å². The van der Waals surface area contributed by atoms with Crippen molar-refractivity contribution in [2.75, 3.05) is 13.1 Å². The van der Waals surface area contributed by atoms with E-state index >= 15 is 0 Å². The molecule has 1 aromatic carbocycles. The first kappa shape index (κ1) is 16.7. The summed E-state index contributed by atoms with van der Waals surface area (Å²) in [6.07, 6.45) is 0.496. The molecular formula is C15H17NO4S2. The number of carbonyl (C=O) groups is 1. The number of carboxylic acids is 1. The van der Waals surface area contributed by atoms with Gasteiger partial charge in [0.25, 0.3) is 0 Å². The molecule has 2 aromatic rings. The number of hydrogen-bond donors (Lipinski definition) is 1. The van der Waals surface area contributed by atoms with E-state index in [0.717, 1.165) is 14.7 Å². The summed E-state index contributed by atoms with van der Waals surface area (Å²) < 4.78 is 26.3. The minimum atomic E-state index is -3.81. The fourth-order valence-electron chi connectivity index (χ4n) is 2.05. The molecule has 0 radical (unpaired) electrons. The van der Waals surface area contributed by atoms with E-state index in [-0.39, 0.29) is 11.4 Å². The fraction of sp³-hybridized carbons (Fsp3) is 0.267. The largest absolute Gasteiger partial charge is 0.480 e. The van der Waals surface area contributed by atoms with Crippen LogP contribution in [0.15, 0.2) is 46.7 Å². The van der Waals surface area contributed by atoms with Gasteiger partial charge in [-0.3, -0.25) is 4.79 Å². The van der Waals surface area contributed by atoms with E-state index in [0.29, 0.717) is 6.42 Å². The Bertz CT molecular complexity index is 739. The third-order valence-electron chi connectivity index (χ3n) is 3.13. The molecule has 0 aliphatic carbocycles. The first-order valence-electron chi connectivity index (χ1n) is 6.70. The van der Waals surface area contributed by atoms with Crippen molar-refractivity contribution in [3.05, 3.63) is 52.2 Å². The zero-order chi connectivity index (χ0) is 16.2. The summed E-state index contributed by atoms with van der Waals surface area (Å²) in [5.41, 5.74) is 0.814. The van der Waals surface area contributed by atoms with Crippen LogP contribution in [0.1, 0.15) is 10.4 Å². The molecule has 7 heteroatoms. The summed E-state index contributed by atoms with van der Waals surface area (Å²) in [5.74, 6) is -1.16. The van der Waals surface area contributed by atoms with Gasteiger partial charge in [0.1, 0.15) is 6.54 Å². The molecule has 22 heavy (non-hydrogen) atoms. The average Bonchev–Trinajstić information content (AvgIpc) is 2.96. The van der Waals surface area contributed by atoms with Crippen molar-refractivity contribution >= 4 is 27.3 Å². The zero-order valence-electron chi connectivity index (χ0n) is 12.1. The van der Waals surface area contributed by atoms with Crippen molar-refractivity contribution in [2.24, 2.45) is 0 Å². The van der Waals surface area contributed by atoms with Crippen molar-refractivity contribution in [1.29, 1.82) is 0 Å². The molecule has 1 heterocycles. The van der Waals surface area contributed by atoms with E-state index in [1.165, 1.54) is 17.4 Å². The molecule has 0 unspecified atom stereocenters. The molecule has 0 amide bonds. The van der Waals surface area contributed by atoms with Crippen LogP contribution in [0.25, 0.3) is 0 Å². The van der Waals surface area contributed by atoms with E-state index < -0.39 is 22.5 Å². The molecule has 2 rings (SSSR count). The topological polar surface area (TPSA) is 74.7 Å². The Balaban J connectivity index is 2.24. The number of aliphatic carboxylic acids is 1. The van der Waals surface area contributed by atoms with E-state index in [1.807, 2.05) is 17.5 Å². The maximum atomic E-state index is 12.6. The number of aryl methyl sites for hydroxylation is 1. The minimum Gasteiger partial charge on any atom is -0.480 e. The summed E-state index contributed by atoms with van der Waals surface area (Å²) in [6, 6.07) is 10.3. The monoisotopic (exact) mass is 339 g/mol. The lowest BCUT2D eigenvalue weighted by molar-refractivity contribution is -0.137. The van der Waals surface area contributed by atoms with Crippen LogP contribution in [0.4, 0.5) is 0 Å². The molecule has 0 aliphatic heterocycles. The number of hydrogen-bond acceptors (Lipinski definition) is 4. The smallest absolute Gasteiger partial charge is 0.318 e. The van der Waals surface area contributed by atoms with E-state index in [9.17, 15) is 13.2 Å². The molecule has 0 fully saturated rings. The molecule has 1 aromatic heterocycles. The molecule has 0 bridgehead atoms. The molecule has 0 atom stereocenters. The number of benzene rings is 1. The van der Waals surface area contributed by atoms with Crippen LogP contribution < -0.4 is 0 Å². The third-order valence-corrected chi connectivity index (χ3v) is 5.90. The first-order chi connectivity index (χ1) is 10.4. The summed E-state index contributed by atoms with van der Waals surface area (Å²) in [7, 11) is -3.81. The van der Waals surface area contributed by atoms with Gasteiger partial charge >= 0.3 is 5.97 Å². The van der Waals surface area contributed by atoms with Crippen LogP contribution in [0.3, 0.4) is 0 Å². The highest BCUT2D eigenvalue weighted by molar-refractivity contribution is 7.89. The highest BCUT2D eigenvalue weighted by Crippen LogP contribution is 2.18. The SMILES string of the molecule is Cc1cccc(S(=O)(=O)N(CCc2cccs2)CC(=O)O)c1. The van der Waals surface area contributed by atoms with E-state index in [4.69, 9.17) is 5.11 Å². The average molecular weight is 339 g/mol. The molecule has 5 nitrogen and oxygen atoms in total. The van der Waals surface area contributed by atoms with Gasteiger partial charge < -0.3 is 5.11 Å². The van der Waals surface area contributed by atoms with Gasteiger partial charge in [-0.05, 0) is 42.5 Å². The van der Waals surface area contributed by atoms with Gasteiger partial charge in [0, 0.05) is 11.4 Å². The lowest BCUT2D eigenvalue weighted by Crippen LogP contribution is -2.37. The number of sulfonamides is 1. The van der Waals surface area contributed by atoms with E-state index in [1.54, 1.807) is 25.1 Å². The van der Waals surface area contributed by atoms with Gasteiger partial charge in [-0.25, -0.2) is 8.42 Å². The van der Waals surface area contributed by atoms with Gasteiger partial charge in [0.15, 0.2) is 0 Å².